The molecule has 1 heterocycles. The molecule has 158 valence electrons. The van der Waals surface area contributed by atoms with Crippen molar-refractivity contribution < 1.29 is 8.78 Å². The SMILES string of the molecule is N#Cc1ccc(-c2nc(-c3ccc(C#N)cc3)c(C#N)c(-c3cc(F)cc(F)c3)c2C#N)cc1. The van der Waals surface area contributed by atoms with Crippen LogP contribution in [0, 0.1) is 57.0 Å². The molecule has 4 rings (SSSR count). The van der Waals surface area contributed by atoms with Crippen LogP contribution in [0.3, 0.4) is 0 Å². The summed E-state index contributed by atoms with van der Waals surface area (Å²) in [7, 11) is 0. The van der Waals surface area contributed by atoms with E-state index in [2.05, 4.69) is 4.98 Å². The highest BCUT2D eigenvalue weighted by Gasteiger charge is 2.24. The van der Waals surface area contributed by atoms with Crippen molar-refractivity contribution in [2.24, 2.45) is 0 Å². The van der Waals surface area contributed by atoms with E-state index in [-0.39, 0.29) is 33.6 Å². The van der Waals surface area contributed by atoms with Crippen LogP contribution in [0.15, 0.2) is 66.7 Å². The Labute approximate surface area is 193 Å². The molecular weight excluding hydrogens is 432 g/mol. The first kappa shape index (κ1) is 21.8. The third kappa shape index (κ3) is 3.94. The number of pyridine rings is 1. The maximum absolute atomic E-state index is 14.1. The molecule has 34 heavy (non-hydrogen) atoms. The van der Waals surface area contributed by atoms with Crippen LogP contribution in [0.4, 0.5) is 8.78 Å². The first-order valence-corrected chi connectivity index (χ1v) is 9.84. The summed E-state index contributed by atoms with van der Waals surface area (Å²) in [6, 6.07) is 23.5. The maximum atomic E-state index is 14.1. The Morgan fingerprint density at radius 1 is 0.529 bits per heavy atom. The minimum Gasteiger partial charge on any atom is -0.245 e. The van der Waals surface area contributed by atoms with Crippen LogP contribution in [0.5, 0.6) is 0 Å². The molecule has 0 fully saturated rings. The third-order valence-electron chi connectivity index (χ3n) is 5.15. The summed E-state index contributed by atoms with van der Waals surface area (Å²) >= 11 is 0. The van der Waals surface area contributed by atoms with E-state index in [4.69, 9.17) is 10.5 Å². The number of nitriles is 4. The lowest BCUT2D eigenvalue weighted by molar-refractivity contribution is 0.584. The first-order valence-electron chi connectivity index (χ1n) is 9.84. The maximum Gasteiger partial charge on any atom is 0.126 e. The summed E-state index contributed by atoms with van der Waals surface area (Å²) in [6.07, 6.45) is 0. The van der Waals surface area contributed by atoms with Crippen LogP contribution < -0.4 is 0 Å². The summed E-state index contributed by atoms with van der Waals surface area (Å²) in [4.78, 5) is 4.60. The van der Waals surface area contributed by atoms with Gasteiger partial charge < -0.3 is 0 Å². The van der Waals surface area contributed by atoms with Gasteiger partial charge in [0.15, 0.2) is 0 Å². The predicted molar refractivity (Wildman–Crippen MR) is 119 cm³/mol. The van der Waals surface area contributed by atoms with Crippen molar-refractivity contribution in [3.05, 3.63) is 101 Å². The Morgan fingerprint density at radius 3 is 1.29 bits per heavy atom. The molecule has 0 N–H and O–H groups in total. The second-order valence-corrected chi connectivity index (χ2v) is 7.19. The first-order chi connectivity index (χ1) is 16.5. The van der Waals surface area contributed by atoms with E-state index in [0.29, 0.717) is 28.3 Å². The average Bonchev–Trinajstić information content (AvgIpc) is 2.86. The Balaban J connectivity index is 2.13. The van der Waals surface area contributed by atoms with Gasteiger partial charge in [0.05, 0.1) is 45.8 Å². The molecule has 0 bridgehead atoms. The van der Waals surface area contributed by atoms with Crippen molar-refractivity contribution in [3.63, 3.8) is 0 Å². The Hall–Kier alpha value is -5.37. The van der Waals surface area contributed by atoms with Gasteiger partial charge in [-0.1, -0.05) is 24.3 Å². The monoisotopic (exact) mass is 443 g/mol. The zero-order valence-corrected chi connectivity index (χ0v) is 17.3. The molecule has 0 amide bonds. The molecule has 0 aliphatic heterocycles. The van der Waals surface area contributed by atoms with Crippen molar-refractivity contribution in [1.29, 1.82) is 21.0 Å². The van der Waals surface area contributed by atoms with Gasteiger partial charge in [0, 0.05) is 22.8 Å². The number of benzene rings is 3. The lowest BCUT2D eigenvalue weighted by Gasteiger charge is -2.16. The normalized spacial score (nSPS) is 9.94. The summed E-state index contributed by atoms with van der Waals surface area (Å²) < 4.78 is 28.2. The summed E-state index contributed by atoms with van der Waals surface area (Å²) in [5, 5.41) is 38.3. The molecule has 7 heteroatoms. The minimum absolute atomic E-state index is 0.0118. The standard InChI is InChI=1S/C27H11F2N5/c28-21-9-20(10-22(29)11-21)25-23(14-32)26(18-5-1-16(12-30)2-6-18)34-27(24(25)15-33)19-7-3-17(13-31)4-8-19/h1-11H. The molecule has 0 unspecified atom stereocenters. The third-order valence-corrected chi connectivity index (χ3v) is 5.15. The Bertz CT molecular complexity index is 1480. The van der Waals surface area contributed by atoms with Gasteiger partial charge in [-0.15, -0.1) is 0 Å². The van der Waals surface area contributed by atoms with Crippen molar-refractivity contribution in [1.82, 2.24) is 4.98 Å². The number of hydrogen-bond acceptors (Lipinski definition) is 5. The molecule has 0 spiro atoms. The van der Waals surface area contributed by atoms with Gasteiger partial charge in [0.1, 0.15) is 23.8 Å². The zero-order chi connectivity index (χ0) is 24.2. The molecule has 5 nitrogen and oxygen atoms in total. The van der Waals surface area contributed by atoms with E-state index in [9.17, 15) is 19.3 Å². The molecular formula is C27H11F2N5. The molecule has 0 radical (unpaired) electrons. The van der Waals surface area contributed by atoms with E-state index < -0.39 is 11.6 Å². The van der Waals surface area contributed by atoms with Crippen LogP contribution in [0.1, 0.15) is 22.3 Å². The molecule has 0 atom stereocenters. The second-order valence-electron chi connectivity index (χ2n) is 7.19. The second kappa shape index (κ2) is 9.01. The number of rotatable bonds is 3. The smallest absolute Gasteiger partial charge is 0.126 e. The van der Waals surface area contributed by atoms with E-state index in [1.807, 2.05) is 24.3 Å². The highest BCUT2D eigenvalue weighted by molar-refractivity contribution is 5.89. The number of nitrogens with zero attached hydrogens (tertiary/aromatic N) is 5. The van der Waals surface area contributed by atoms with Gasteiger partial charge >= 0.3 is 0 Å². The Kier molecular flexibility index (Phi) is 5.79. The van der Waals surface area contributed by atoms with Crippen molar-refractivity contribution in [3.8, 4) is 57.9 Å². The largest absolute Gasteiger partial charge is 0.245 e. The van der Waals surface area contributed by atoms with Crippen LogP contribution in [-0.4, -0.2) is 4.98 Å². The van der Waals surface area contributed by atoms with Gasteiger partial charge in [0.2, 0.25) is 0 Å². The van der Waals surface area contributed by atoms with Gasteiger partial charge in [-0.2, -0.15) is 21.0 Å². The van der Waals surface area contributed by atoms with Crippen LogP contribution in [-0.2, 0) is 0 Å². The summed E-state index contributed by atoms with van der Waals surface area (Å²) in [5.74, 6) is -1.72. The van der Waals surface area contributed by atoms with Gasteiger partial charge in [-0.25, -0.2) is 13.8 Å². The van der Waals surface area contributed by atoms with E-state index >= 15 is 0 Å². The van der Waals surface area contributed by atoms with Crippen molar-refractivity contribution in [2.75, 3.05) is 0 Å². The van der Waals surface area contributed by atoms with Crippen molar-refractivity contribution in [2.45, 2.75) is 0 Å². The van der Waals surface area contributed by atoms with E-state index in [0.717, 1.165) is 12.1 Å². The predicted octanol–water partition coefficient (Wildman–Crippen LogP) is 5.85. The molecule has 3 aromatic carbocycles. The molecule has 0 saturated heterocycles. The highest BCUT2D eigenvalue weighted by atomic mass is 19.1. The fraction of sp³-hybridized carbons (Fsp3) is 0. The fourth-order valence-corrected chi connectivity index (χ4v) is 3.61. The van der Waals surface area contributed by atoms with Gasteiger partial charge in [0.25, 0.3) is 0 Å². The zero-order valence-electron chi connectivity index (χ0n) is 17.3. The lowest BCUT2D eigenvalue weighted by atomic mass is 9.89. The topological polar surface area (TPSA) is 108 Å². The Morgan fingerprint density at radius 2 is 0.941 bits per heavy atom. The molecule has 4 aromatic rings. The summed E-state index contributed by atoms with van der Waals surface area (Å²) in [6.45, 7) is 0. The molecule has 0 aliphatic carbocycles. The number of hydrogen-bond donors (Lipinski definition) is 0. The van der Waals surface area contributed by atoms with E-state index in [1.165, 1.54) is 0 Å². The number of aromatic nitrogens is 1. The lowest BCUT2D eigenvalue weighted by Crippen LogP contribution is -2.02. The van der Waals surface area contributed by atoms with Crippen LogP contribution >= 0.6 is 0 Å². The van der Waals surface area contributed by atoms with Gasteiger partial charge in [-0.3, -0.25) is 0 Å². The fourth-order valence-electron chi connectivity index (χ4n) is 3.61. The quantitative estimate of drug-likeness (QED) is 0.395. The molecule has 1 aromatic heterocycles. The minimum atomic E-state index is -0.862. The van der Waals surface area contributed by atoms with Crippen LogP contribution in [0.25, 0.3) is 33.6 Å². The highest BCUT2D eigenvalue weighted by Crippen LogP contribution is 2.39. The molecule has 0 aliphatic rings. The number of halogens is 2. The van der Waals surface area contributed by atoms with Crippen molar-refractivity contribution >= 4 is 0 Å². The molecule has 0 saturated carbocycles. The van der Waals surface area contributed by atoms with E-state index in [1.54, 1.807) is 48.5 Å². The van der Waals surface area contributed by atoms with Crippen LogP contribution in [0.2, 0.25) is 0 Å². The van der Waals surface area contributed by atoms with Gasteiger partial charge in [-0.05, 0) is 42.0 Å². The average molecular weight is 443 g/mol. The summed E-state index contributed by atoms with van der Waals surface area (Å²) in [5.41, 5.74) is 2.10.